The first-order chi connectivity index (χ1) is 9.28. The third-order valence-corrected chi connectivity index (χ3v) is 2.62. The van der Waals surface area contributed by atoms with Gasteiger partial charge in [0, 0.05) is 18.3 Å². The van der Waals surface area contributed by atoms with Gasteiger partial charge >= 0.3 is 0 Å². The van der Waals surface area contributed by atoms with E-state index in [2.05, 4.69) is 22.2 Å². The quantitative estimate of drug-likeness (QED) is 0.808. The van der Waals surface area contributed by atoms with Gasteiger partial charge in [0.25, 0.3) is 0 Å². The van der Waals surface area contributed by atoms with Crippen LogP contribution >= 0.6 is 0 Å². The third-order valence-electron chi connectivity index (χ3n) is 2.62. The molecule has 0 fully saturated rings. The molecular weight excluding hydrogens is 238 g/mol. The summed E-state index contributed by atoms with van der Waals surface area (Å²) < 4.78 is 5.68. The fourth-order valence-corrected chi connectivity index (χ4v) is 1.64. The second-order valence-corrected chi connectivity index (χ2v) is 4.38. The second-order valence-electron chi connectivity index (χ2n) is 4.38. The standard InChI is InChI=1S/C15H19N3O/c1-3-9-16-10-13-5-4-6-15(18-13)19-14-8-7-12(2)17-11-14/h4-8,11,16H,3,9-10H2,1-2H3. The van der Waals surface area contributed by atoms with Gasteiger partial charge in [-0.3, -0.25) is 4.98 Å². The molecule has 1 N–H and O–H groups in total. The molecule has 2 aromatic heterocycles. The van der Waals surface area contributed by atoms with Crippen molar-refractivity contribution < 1.29 is 4.74 Å². The molecule has 19 heavy (non-hydrogen) atoms. The van der Waals surface area contributed by atoms with Crippen molar-refractivity contribution in [2.75, 3.05) is 6.54 Å². The van der Waals surface area contributed by atoms with Crippen molar-refractivity contribution in [2.24, 2.45) is 0 Å². The number of aryl methyl sites for hydroxylation is 1. The summed E-state index contributed by atoms with van der Waals surface area (Å²) in [6.45, 7) is 5.85. The average Bonchev–Trinajstić information content (AvgIpc) is 2.42. The molecule has 0 bridgehead atoms. The van der Waals surface area contributed by atoms with Gasteiger partial charge in [0.1, 0.15) is 5.75 Å². The van der Waals surface area contributed by atoms with Crippen LogP contribution in [-0.4, -0.2) is 16.5 Å². The van der Waals surface area contributed by atoms with Crippen molar-refractivity contribution in [3.63, 3.8) is 0 Å². The molecule has 0 saturated carbocycles. The summed E-state index contributed by atoms with van der Waals surface area (Å²) in [7, 11) is 0. The third kappa shape index (κ3) is 4.34. The van der Waals surface area contributed by atoms with E-state index in [-0.39, 0.29) is 0 Å². The molecule has 0 saturated heterocycles. The van der Waals surface area contributed by atoms with Crippen molar-refractivity contribution in [3.8, 4) is 11.6 Å². The zero-order valence-corrected chi connectivity index (χ0v) is 11.4. The maximum absolute atomic E-state index is 5.68. The molecule has 4 nitrogen and oxygen atoms in total. The zero-order valence-electron chi connectivity index (χ0n) is 11.4. The van der Waals surface area contributed by atoms with Crippen LogP contribution < -0.4 is 10.1 Å². The molecule has 0 amide bonds. The minimum atomic E-state index is 0.599. The molecule has 2 heterocycles. The van der Waals surface area contributed by atoms with Crippen molar-refractivity contribution >= 4 is 0 Å². The fraction of sp³-hybridized carbons (Fsp3) is 0.333. The average molecular weight is 257 g/mol. The molecule has 0 aliphatic rings. The van der Waals surface area contributed by atoms with E-state index in [4.69, 9.17) is 4.74 Å². The number of pyridine rings is 2. The first-order valence-corrected chi connectivity index (χ1v) is 6.55. The number of hydrogen-bond acceptors (Lipinski definition) is 4. The number of hydrogen-bond donors (Lipinski definition) is 1. The Morgan fingerprint density at radius 2 is 2.11 bits per heavy atom. The van der Waals surface area contributed by atoms with Gasteiger partial charge < -0.3 is 10.1 Å². The van der Waals surface area contributed by atoms with Crippen LogP contribution in [0.3, 0.4) is 0 Å². The Labute approximate surface area is 113 Å². The van der Waals surface area contributed by atoms with E-state index in [9.17, 15) is 0 Å². The zero-order chi connectivity index (χ0) is 13.5. The summed E-state index contributed by atoms with van der Waals surface area (Å²) in [5.41, 5.74) is 1.95. The molecule has 0 aliphatic carbocycles. The normalized spacial score (nSPS) is 10.4. The number of ether oxygens (including phenoxy) is 1. The van der Waals surface area contributed by atoms with Crippen LogP contribution in [0.1, 0.15) is 24.7 Å². The second kappa shape index (κ2) is 6.85. The molecule has 4 heteroatoms. The van der Waals surface area contributed by atoms with Crippen LogP contribution in [0.2, 0.25) is 0 Å². The predicted octanol–water partition coefficient (Wildman–Crippen LogP) is 3.08. The van der Waals surface area contributed by atoms with Crippen LogP contribution in [0.25, 0.3) is 0 Å². The monoisotopic (exact) mass is 257 g/mol. The summed E-state index contributed by atoms with van der Waals surface area (Å²) >= 11 is 0. The van der Waals surface area contributed by atoms with Gasteiger partial charge in [0.15, 0.2) is 0 Å². The maximum atomic E-state index is 5.68. The van der Waals surface area contributed by atoms with Gasteiger partial charge in [-0.25, -0.2) is 4.98 Å². The van der Waals surface area contributed by atoms with Gasteiger partial charge in [-0.15, -0.1) is 0 Å². The van der Waals surface area contributed by atoms with Gasteiger partial charge in [-0.1, -0.05) is 13.0 Å². The van der Waals surface area contributed by atoms with Crippen LogP contribution in [0.15, 0.2) is 36.5 Å². The van der Waals surface area contributed by atoms with E-state index in [1.165, 1.54) is 0 Å². The predicted molar refractivity (Wildman–Crippen MR) is 75.3 cm³/mol. The highest BCUT2D eigenvalue weighted by molar-refractivity contribution is 5.26. The van der Waals surface area contributed by atoms with E-state index >= 15 is 0 Å². The van der Waals surface area contributed by atoms with Gasteiger partial charge in [0.2, 0.25) is 5.88 Å². The largest absolute Gasteiger partial charge is 0.437 e. The lowest BCUT2D eigenvalue weighted by atomic mass is 10.3. The maximum Gasteiger partial charge on any atom is 0.219 e. The molecule has 0 atom stereocenters. The highest BCUT2D eigenvalue weighted by atomic mass is 16.5. The molecule has 2 aromatic rings. The number of rotatable bonds is 6. The number of aromatic nitrogens is 2. The Morgan fingerprint density at radius 1 is 1.21 bits per heavy atom. The minimum Gasteiger partial charge on any atom is -0.437 e. The Kier molecular flexibility index (Phi) is 4.86. The lowest BCUT2D eigenvalue weighted by Gasteiger charge is -2.07. The van der Waals surface area contributed by atoms with Crippen molar-refractivity contribution in [2.45, 2.75) is 26.8 Å². The molecule has 0 aromatic carbocycles. The van der Waals surface area contributed by atoms with Gasteiger partial charge in [0.05, 0.1) is 11.9 Å². The summed E-state index contributed by atoms with van der Waals surface area (Å²) in [6.07, 6.45) is 2.82. The SMILES string of the molecule is CCCNCc1cccc(Oc2ccc(C)nc2)n1. The molecule has 0 spiro atoms. The van der Waals surface area contributed by atoms with E-state index in [0.717, 1.165) is 30.9 Å². The van der Waals surface area contributed by atoms with E-state index < -0.39 is 0 Å². The van der Waals surface area contributed by atoms with Crippen molar-refractivity contribution in [1.29, 1.82) is 0 Å². The molecular formula is C15H19N3O. The minimum absolute atomic E-state index is 0.599. The van der Waals surface area contributed by atoms with E-state index in [1.54, 1.807) is 6.20 Å². The lowest BCUT2D eigenvalue weighted by molar-refractivity contribution is 0.457. The Bertz CT molecular complexity index is 511. The van der Waals surface area contributed by atoms with Gasteiger partial charge in [-0.05, 0) is 38.1 Å². The van der Waals surface area contributed by atoms with Crippen LogP contribution in [0.5, 0.6) is 11.6 Å². The lowest BCUT2D eigenvalue weighted by Crippen LogP contribution is -2.14. The summed E-state index contributed by atoms with van der Waals surface area (Å²) in [5, 5.41) is 3.32. The molecule has 0 radical (unpaired) electrons. The van der Waals surface area contributed by atoms with Gasteiger partial charge in [-0.2, -0.15) is 0 Å². The van der Waals surface area contributed by atoms with Crippen molar-refractivity contribution in [3.05, 3.63) is 47.9 Å². The Hall–Kier alpha value is -1.94. The smallest absolute Gasteiger partial charge is 0.219 e. The summed E-state index contributed by atoms with van der Waals surface area (Å²) in [5.74, 6) is 1.30. The van der Waals surface area contributed by atoms with Crippen molar-refractivity contribution in [1.82, 2.24) is 15.3 Å². The topological polar surface area (TPSA) is 47.0 Å². The van der Waals surface area contributed by atoms with Crippen LogP contribution in [0.4, 0.5) is 0 Å². The highest BCUT2D eigenvalue weighted by Crippen LogP contribution is 2.18. The number of nitrogens with one attached hydrogen (secondary N) is 1. The van der Waals surface area contributed by atoms with Crippen LogP contribution in [-0.2, 0) is 6.54 Å². The molecule has 2 rings (SSSR count). The molecule has 0 aliphatic heterocycles. The highest BCUT2D eigenvalue weighted by Gasteiger charge is 2.01. The molecule has 100 valence electrons. The Morgan fingerprint density at radius 3 is 2.84 bits per heavy atom. The molecule has 0 unspecified atom stereocenters. The Balaban J connectivity index is 2.00. The van der Waals surface area contributed by atoms with E-state index in [0.29, 0.717) is 11.6 Å². The van der Waals surface area contributed by atoms with Crippen LogP contribution in [0, 0.1) is 6.92 Å². The first-order valence-electron chi connectivity index (χ1n) is 6.55. The summed E-state index contributed by atoms with van der Waals surface area (Å²) in [4.78, 5) is 8.64. The summed E-state index contributed by atoms with van der Waals surface area (Å²) in [6, 6.07) is 9.60. The first kappa shape index (κ1) is 13.5. The fourth-order valence-electron chi connectivity index (χ4n) is 1.64. The van der Waals surface area contributed by atoms with E-state index in [1.807, 2.05) is 37.3 Å². The number of nitrogens with zero attached hydrogens (tertiary/aromatic N) is 2.